The Kier molecular flexibility index (Phi) is 10.3. The summed E-state index contributed by atoms with van der Waals surface area (Å²) in [6, 6.07) is 64.7. The van der Waals surface area contributed by atoms with Gasteiger partial charge in [0, 0.05) is 45.3 Å². The minimum Gasteiger partial charge on any atom is -0.457 e. The van der Waals surface area contributed by atoms with Crippen LogP contribution in [-0.2, 0) is 4.74 Å². The minimum atomic E-state index is -0.282. The molecule has 5 nitrogen and oxygen atoms in total. The third kappa shape index (κ3) is 7.86. The summed E-state index contributed by atoms with van der Waals surface area (Å²) in [6.45, 7) is 0. The number of carbonyl (C=O) groups is 2. The van der Waals surface area contributed by atoms with Crippen LogP contribution in [0.2, 0.25) is 0 Å². The topological polar surface area (TPSA) is 49.9 Å². The Morgan fingerprint density at radius 3 is 0.983 bits per heavy atom. The second-order valence-corrected chi connectivity index (χ2v) is 14.1. The van der Waals surface area contributed by atoms with E-state index in [9.17, 15) is 9.59 Å². The molecule has 5 heteroatoms. The number of carbonyl (C=O) groups excluding carboxylic acids is 2. The molecule has 282 valence electrons. The Bertz CT molecular complexity index is 2520. The van der Waals surface area contributed by atoms with Gasteiger partial charge in [0.05, 0.1) is 5.57 Å². The summed E-state index contributed by atoms with van der Waals surface area (Å²) in [4.78, 5) is 31.7. The number of benzene rings is 7. The SMILES string of the molecule is O=C1C(=C2C=C(C=Cc3ccc(N(c4ccccc4)c4ccccc4)cc3)OC(C=Cc3ccc(N(c4ccccc4)c4ccccc4)cc3)=C2)C(=O)c2ccccc21. The lowest BCUT2D eigenvalue weighted by molar-refractivity contribution is 0.0987. The molecule has 59 heavy (non-hydrogen) atoms. The fourth-order valence-electron chi connectivity index (χ4n) is 7.39. The summed E-state index contributed by atoms with van der Waals surface area (Å²) in [5.74, 6) is 0.440. The number of ketones is 2. The van der Waals surface area contributed by atoms with Crippen molar-refractivity contribution in [3.05, 3.63) is 263 Å². The van der Waals surface area contributed by atoms with Gasteiger partial charge < -0.3 is 14.5 Å². The van der Waals surface area contributed by atoms with Crippen LogP contribution in [0, 0.1) is 0 Å². The van der Waals surface area contributed by atoms with Crippen molar-refractivity contribution < 1.29 is 14.3 Å². The first-order chi connectivity index (χ1) is 29.1. The molecule has 0 aromatic heterocycles. The van der Waals surface area contributed by atoms with Gasteiger partial charge in [-0.3, -0.25) is 9.59 Å². The number of fused-ring (bicyclic) bond motifs is 1. The molecule has 1 aliphatic carbocycles. The van der Waals surface area contributed by atoms with Crippen molar-refractivity contribution in [2.75, 3.05) is 9.80 Å². The van der Waals surface area contributed by atoms with Crippen molar-refractivity contribution in [1.82, 2.24) is 0 Å². The third-order valence-corrected chi connectivity index (χ3v) is 10.2. The number of nitrogens with zero attached hydrogens (tertiary/aromatic N) is 2. The average molecular weight is 763 g/mol. The van der Waals surface area contributed by atoms with E-state index in [-0.39, 0.29) is 17.1 Å². The standard InChI is InChI=1S/C54H38N2O3/c57-53-50-23-13-14-24-51(50)54(58)52(53)41-37-48(35-29-39-25-31-46(32-26-39)55(42-15-5-1-6-16-42)43-17-7-2-8-18-43)59-49(38-41)36-30-40-27-33-47(34-28-40)56(44-19-9-3-10-20-44)45-21-11-4-12-22-45/h1-38H. The van der Waals surface area contributed by atoms with E-state index in [0.29, 0.717) is 28.2 Å². The van der Waals surface area contributed by atoms with Crippen LogP contribution in [0.25, 0.3) is 12.2 Å². The summed E-state index contributed by atoms with van der Waals surface area (Å²) in [5, 5.41) is 0. The average Bonchev–Trinajstić information content (AvgIpc) is 3.56. The molecular formula is C54H38N2O3. The lowest BCUT2D eigenvalue weighted by Gasteiger charge is -2.25. The normalized spacial score (nSPS) is 13.6. The molecule has 1 heterocycles. The van der Waals surface area contributed by atoms with E-state index >= 15 is 0 Å². The first-order valence-corrected chi connectivity index (χ1v) is 19.5. The van der Waals surface area contributed by atoms with Crippen LogP contribution in [-0.4, -0.2) is 11.6 Å². The number of allylic oxidation sites excluding steroid dienone is 6. The maximum absolute atomic E-state index is 13.6. The summed E-state index contributed by atoms with van der Waals surface area (Å²) >= 11 is 0. The van der Waals surface area contributed by atoms with Gasteiger partial charge in [0.15, 0.2) is 11.6 Å². The molecule has 0 saturated heterocycles. The van der Waals surface area contributed by atoms with Crippen molar-refractivity contribution in [2.45, 2.75) is 0 Å². The monoisotopic (exact) mass is 762 g/mol. The van der Waals surface area contributed by atoms with Gasteiger partial charge >= 0.3 is 0 Å². The van der Waals surface area contributed by atoms with Gasteiger partial charge in [-0.05, 0) is 114 Å². The second-order valence-electron chi connectivity index (χ2n) is 14.1. The van der Waals surface area contributed by atoms with E-state index in [2.05, 4.69) is 107 Å². The lowest BCUT2D eigenvalue weighted by Crippen LogP contribution is -2.09. The van der Waals surface area contributed by atoms with Gasteiger partial charge in [-0.2, -0.15) is 0 Å². The Labute approximate surface area is 344 Å². The van der Waals surface area contributed by atoms with E-state index in [1.54, 1.807) is 36.4 Å². The number of Topliss-reactive ketones (excluding diaryl/α,β-unsaturated/α-hetero) is 2. The predicted octanol–water partition coefficient (Wildman–Crippen LogP) is 13.5. The fraction of sp³-hybridized carbons (Fsp3) is 0. The molecule has 0 fully saturated rings. The zero-order valence-corrected chi connectivity index (χ0v) is 32.1. The third-order valence-electron chi connectivity index (χ3n) is 10.2. The number of anilines is 6. The number of hydrogen-bond donors (Lipinski definition) is 0. The molecule has 0 amide bonds. The van der Waals surface area contributed by atoms with Crippen molar-refractivity contribution in [3.8, 4) is 0 Å². The molecule has 9 rings (SSSR count). The summed E-state index contributed by atoms with van der Waals surface area (Å²) in [6.07, 6.45) is 11.2. The molecule has 0 atom stereocenters. The van der Waals surface area contributed by atoms with Gasteiger partial charge in [-0.1, -0.05) is 133 Å². The van der Waals surface area contributed by atoms with Crippen molar-refractivity contribution >= 4 is 57.8 Å². The highest BCUT2D eigenvalue weighted by Gasteiger charge is 2.35. The molecule has 1 aliphatic heterocycles. The van der Waals surface area contributed by atoms with E-state index in [4.69, 9.17) is 4.74 Å². The van der Waals surface area contributed by atoms with E-state index in [1.165, 1.54) is 0 Å². The Morgan fingerprint density at radius 1 is 0.339 bits per heavy atom. The van der Waals surface area contributed by atoms with E-state index in [0.717, 1.165) is 45.3 Å². The second kappa shape index (κ2) is 16.6. The number of para-hydroxylation sites is 4. The van der Waals surface area contributed by atoms with Crippen molar-refractivity contribution in [1.29, 1.82) is 0 Å². The van der Waals surface area contributed by atoms with Crippen LogP contribution in [0.4, 0.5) is 34.1 Å². The Hall–Kier alpha value is -8.02. The van der Waals surface area contributed by atoms with Crippen molar-refractivity contribution in [3.63, 3.8) is 0 Å². The van der Waals surface area contributed by atoms with Crippen molar-refractivity contribution in [2.24, 2.45) is 0 Å². The van der Waals surface area contributed by atoms with Gasteiger partial charge in [-0.25, -0.2) is 0 Å². The maximum atomic E-state index is 13.6. The molecular weight excluding hydrogens is 725 g/mol. The van der Waals surface area contributed by atoms with Gasteiger partial charge in [0.1, 0.15) is 11.5 Å². The summed E-state index contributed by atoms with van der Waals surface area (Å²) in [7, 11) is 0. The molecule has 0 N–H and O–H groups in total. The number of hydrogen-bond acceptors (Lipinski definition) is 5. The highest BCUT2D eigenvalue weighted by molar-refractivity contribution is 6.40. The minimum absolute atomic E-state index is 0.142. The molecule has 7 aromatic rings. The van der Waals surface area contributed by atoms with Crippen LogP contribution in [0.3, 0.4) is 0 Å². The van der Waals surface area contributed by atoms with Gasteiger partial charge in [0.2, 0.25) is 0 Å². The van der Waals surface area contributed by atoms with E-state index < -0.39 is 0 Å². The Morgan fingerprint density at radius 2 is 0.644 bits per heavy atom. The molecule has 0 radical (unpaired) electrons. The number of ether oxygens (including phenoxy) is 1. The van der Waals surface area contributed by atoms with Crippen LogP contribution >= 0.6 is 0 Å². The highest BCUT2D eigenvalue weighted by atomic mass is 16.5. The molecule has 7 aromatic carbocycles. The maximum Gasteiger partial charge on any atom is 0.198 e. The zero-order chi connectivity index (χ0) is 40.0. The van der Waals surface area contributed by atoms with Crippen LogP contribution < -0.4 is 9.80 Å². The first kappa shape index (κ1) is 36.6. The molecule has 0 unspecified atom stereocenters. The fourth-order valence-corrected chi connectivity index (χ4v) is 7.39. The smallest absolute Gasteiger partial charge is 0.198 e. The largest absolute Gasteiger partial charge is 0.457 e. The van der Waals surface area contributed by atoms with Gasteiger partial charge in [0.25, 0.3) is 0 Å². The summed E-state index contributed by atoms with van der Waals surface area (Å²) in [5.41, 5.74) is 9.70. The zero-order valence-electron chi connectivity index (χ0n) is 32.1. The quantitative estimate of drug-likeness (QED) is 0.103. The Balaban J connectivity index is 1.01. The molecule has 2 aliphatic rings. The lowest BCUT2D eigenvalue weighted by atomic mass is 10.00. The summed E-state index contributed by atoms with van der Waals surface area (Å²) < 4.78 is 6.40. The number of rotatable bonds is 10. The van der Waals surface area contributed by atoms with Crippen LogP contribution in [0.15, 0.2) is 241 Å². The van der Waals surface area contributed by atoms with Gasteiger partial charge in [-0.15, -0.1) is 0 Å². The molecule has 0 saturated carbocycles. The van der Waals surface area contributed by atoms with E-state index in [1.807, 2.05) is 97.1 Å². The van der Waals surface area contributed by atoms with Crippen LogP contribution in [0.1, 0.15) is 31.8 Å². The molecule has 0 spiro atoms. The highest BCUT2D eigenvalue weighted by Crippen LogP contribution is 2.37. The molecule has 0 bridgehead atoms. The first-order valence-electron chi connectivity index (χ1n) is 19.5. The van der Waals surface area contributed by atoms with Crippen LogP contribution in [0.5, 0.6) is 0 Å². The predicted molar refractivity (Wildman–Crippen MR) is 240 cm³/mol.